The molecule has 1 unspecified atom stereocenters. The minimum atomic E-state index is 0.242. The standard InChI is InChI=1S/C17H24ClN3/c1-13(2)21-17(15(18)12-20-21)16(19-3)11-7-10-14-8-5-4-6-9-14/h4-6,8-9,12-13,16,19H,7,10-11H2,1-3H3. The Morgan fingerprint density at radius 1 is 1.24 bits per heavy atom. The molecule has 4 heteroatoms. The van der Waals surface area contributed by atoms with Gasteiger partial charge >= 0.3 is 0 Å². The fraction of sp³-hybridized carbons (Fsp3) is 0.471. The molecule has 2 rings (SSSR count). The Labute approximate surface area is 132 Å². The SMILES string of the molecule is CNC(CCCc1ccccc1)c1c(Cl)cnn1C(C)C. The van der Waals surface area contributed by atoms with Crippen LogP contribution in [0.25, 0.3) is 0 Å². The topological polar surface area (TPSA) is 29.9 Å². The Morgan fingerprint density at radius 2 is 1.95 bits per heavy atom. The van der Waals surface area contributed by atoms with Gasteiger partial charge in [-0.25, -0.2) is 0 Å². The third-order valence-electron chi connectivity index (χ3n) is 3.76. The summed E-state index contributed by atoms with van der Waals surface area (Å²) < 4.78 is 2.02. The third-order valence-corrected chi connectivity index (χ3v) is 4.05. The first kappa shape index (κ1) is 16.1. The molecule has 1 aromatic heterocycles. The van der Waals surface area contributed by atoms with Crippen molar-refractivity contribution in [3.63, 3.8) is 0 Å². The van der Waals surface area contributed by atoms with Gasteiger partial charge in [-0.15, -0.1) is 0 Å². The quantitative estimate of drug-likeness (QED) is 0.821. The van der Waals surface area contributed by atoms with Gasteiger partial charge in [0.25, 0.3) is 0 Å². The van der Waals surface area contributed by atoms with Crippen molar-refractivity contribution in [2.24, 2.45) is 0 Å². The van der Waals surface area contributed by atoms with Gasteiger partial charge in [-0.05, 0) is 45.7 Å². The van der Waals surface area contributed by atoms with Gasteiger partial charge in [0.2, 0.25) is 0 Å². The van der Waals surface area contributed by atoms with Crippen molar-refractivity contribution in [2.45, 2.75) is 45.2 Å². The first-order valence-electron chi connectivity index (χ1n) is 7.57. The van der Waals surface area contributed by atoms with E-state index < -0.39 is 0 Å². The first-order valence-corrected chi connectivity index (χ1v) is 7.95. The number of benzene rings is 1. The van der Waals surface area contributed by atoms with E-state index >= 15 is 0 Å². The summed E-state index contributed by atoms with van der Waals surface area (Å²) in [7, 11) is 1.99. The second-order valence-corrected chi connectivity index (χ2v) is 6.04. The molecule has 0 saturated carbocycles. The molecule has 1 N–H and O–H groups in total. The largest absolute Gasteiger partial charge is 0.312 e. The molecule has 0 amide bonds. The van der Waals surface area contributed by atoms with Crippen LogP contribution in [-0.4, -0.2) is 16.8 Å². The van der Waals surface area contributed by atoms with Gasteiger partial charge in [-0.1, -0.05) is 41.9 Å². The summed E-state index contributed by atoms with van der Waals surface area (Å²) in [4.78, 5) is 0. The Hall–Kier alpha value is -1.32. The second-order valence-electron chi connectivity index (χ2n) is 5.64. The highest BCUT2D eigenvalue weighted by Crippen LogP contribution is 2.28. The van der Waals surface area contributed by atoms with E-state index in [1.807, 2.05) is 11.7 Å². The summed E-state index contributed by atoms with van der Waals surface area (Å²) in [6.07, 6.45) is 5.00. The minimum Gasteiger partial charge on any atom is -0.312 e. The monoisotopic (exact) mass is 305 g/mol. The molecule has 0 spiro atoms. The Bertz CT molecular complexity index is 548. The highest BCUT2D eigenvalue weighted by Gasteiger charge is 2.20. The number of aryl methyl sites for hydroxylation is 1. The fourth-order valence-corrected chi connectivity index (χ4v) is 2.92. The summed E-state index contributed by atoms with van der Waals surface area (Å²) in [5.74, 6) is 0. The van der Waals surface area contributed by atoms with Crippen LogP contribution in [-0.2, 0) is 6.42 Å². The van der Waals surface area contributed by atoms with Crippen LogP contribution in [0.1, 0.15) is 50.0 Å². The number of hydrogen-bond donors (Lipinski definition) is 1. The van der Waals surface area contributed by atoms with Crippen LogP contribution in [0.15, 0.2) is 36.5 Å². The van der Waals surface area contributed by atoms with Crippen LogP contribution < -0.4 is 5.32 Å². The van der Waals surface area contributed by atoms with Gasteiger partial charge in [0.05, 0.1) is 23.0 Å². The molecule has 21 heavy (non-hydrogen) atoms. The lowest BCUT2D eigenvalue weighted by Gasteiger charge is -2.20. The van der Waals surface area contributed by atoms with Crippen LogP contribution in [0, 0.1) is 0 Å². The van der Waals surface area contributed by atoms with E-state index in [1.54, 1.807) is 6.20 Å². The number of nitrogens with zero attached hydrogens (tertiary/aromatic N) is 2. The van der Waals surface area contributed by atoms with Gasteiger partial charge in [0.1, 0.15) is 0 Å². The van der Waals surface area contributed by atoms with Crippen LogP contribution in [0.3, 0.4) is 0 Å². The number of hydrogen-bond acceptors (Lipinski definition) is 2. The van der Waals surface area contributed by atoms with E-state index in [0.717, 1.165) is 30.0 Å². The maximum atomic E-state index is 6.34. The lowest BCUT2D eigenvalue weighted by molar-refractivity contribution is 0.440. The van der Waals surface area contributed by atoms with Crippen molar-refractivity contribution >= 4 is 11.6 Å². The van der Waals surface area contributed by atoms with Crippen molar-refractivity contribution < 1.29 is 0 Å². The zero-order chi connectivity index (χ0) is 15.2. The first-order chi connectivity index (χ1) is 10.1. The highest BCUT2D eigenvalue weighted by atomic mass is 35.5. The molecule has 1 heterocycles. The third kappa shape index (κ3) is 4.08. The van der Waals surface area contributed by atoms with Gasteiger partial charge < -0.3 is 5.32 Å². The van der Waals surface area contributed by atoms with Gasteiger partial charge in [0, 0.05) is 6.04 Å². The average molecular weight is 306 g/mol. The fourth-order valence-electron chi connectivity index (χ4n) is 2.66. The van der Waals surface area contributed by atoms with Crippen molar-refractivity contribution in [3.05, 3.63) is 52.8 Å². The molecule has 0 saturated heterocycles. The summed E-state index contributed by atoms with van der Waals surface area (Å²) in [6.45, 7) is 4.26. The van der Waals surface area contributed by atoms with Crippen molar-refractivity contribution in [1.82, 2.24) is 15.1 Å². The minimum absolute atomic E-state index is 0.242. The normalized spacial score (nSPS) is 12.8. The predicted molar refractivity (Wildman–Crippen MR) is 88.8 cm³/mol. The molecule has 1 aromatic carbocycles. The zero-order valence-electron chi connectivity index (χ0n) is 13.0. The molecule has 2 aromatic rings. The predicted octanol–water partition coefficient (Wildman–Crippen LogP) is 4.40. The Kier molecular flexibility index (Phi) is 5.83. The van der Waals surface area contributed by atoms with Crippen molar-refractivity contribution in [3.8, 4) is 0 Å². The maximum absolute atomic E-state index is 6.34. The molecule has 0 aliphatic rings. The average Bonchev–Trinajstić information content (AvgIpc) is 2.87. The van der Waals surface area contributed by atoms with Gasteiger partial charge in [-0.2, -0.15) is 5.10 Å². The Morgan fingerprint density at radius 3 is 2.57 bits per heavy atom. The second kappa shape index (κ2) is 7.62. The van der Waals surface area contributed by atoms with E-state index in [4.69, 9.17) is 11.6 Å². The van der Waals surface area contributed by atoms with E-state index in [9.17, 15) is 0 Å². The lowest BCUT2D eigenvalue weighted by Crippen LogP contribution is -2.22. The molecule has 0 fully saturated rings. The smallest absolute Gasteiger partial charge is 0.0834 e. The number of nitrogens with one attached hydrogen (secondary N) is 1. The molecule has 3 nitrogen and oxygen atoms in total. The van der Waals surface area contributed by atoms with E-state index in [-0.39, 0.29) is 6.04 Å². The summed E-state index contributed by atoms with van der Waals surface area (Å²) in [6, 6.07) is 11.2. The molecule has 1 atom stereocenters. The summed E-state index contributed by atoms with van der Waals surface area (Å²) in [5.41, 5.74) is 2.48. The maximum Gasteiger partial charge on any atom is 0.0834 e. The molecule has 114 valence electrons. The van der Waals surface area contributed by atoms with E-state index in [0.29, 0.717) is 6.04 Å². The van der Waals surface area contributed by atoms with E-state index in [2.05, 4.69) is 54.6 Å². The molecule has 0 bridgehead atoms. The molecule has 0 aliphatic carbocycles. The van der Waals surface area contributed by atoms with Crippen LogP contribution in [0.2, 0.25) is 5.02 Å². The molecular formula is C17H24ClN3. The summed E-state index contributed by atoms with van der Waals surface area (Å²) in [5, 5.41) is 8.53. The Balaban J connectivity index is 2.02. The molecule has 0 radical (unpaired) electrons. The highest BCUT2D eigenvalue weighted by molar-refractivity contribution is 6.31. The number of aromatic nitrogens is 2. The van der Waals surface area contributed by atoms with Crippen molar-refractivity contribution in [1.29, 1.82) is 0 Å². The van der Waals surface area contributed by atoms with Crippen LogP contribution >= 0.6 is 11.6 Å². The van der Waals surface area contributed by atoms with Gasteiger partial charge in [0.15, 0.2) is 0 Å². The number of halogens is 1. The van der Waals surface area contributed by atoms with Gasteiger partial charge in [-0.3, -0.25) is 4.68 Å². The van der Waals surface area contributed by atoms with E-state index in [1.165, 1.54) is 5.56 Å². The van der Waals surface area contributed by atoms with Crippen LogP contribution in [0.4, 0.5) is 0 Å². The van der Waals surface area contributed by atoms with Crippen LogP contribution in [0.5, 0.6) is 0 Å². The van der Waals surface area contributed by atoms with Crippen molar-refractivity contribution in [2.75, 3.05) is 7.05 Å². The molecular weight excluding hydrogens is 282 g/mol. The summed E-state index contributed by atoms with van der Waals surface area (Å²) >= 11 is 6.34. The lowest BCUT2D eigenvalue weighted by atomic mass is 10.0. The zero-order valence-corrected chi connectivity index (χ0v) is 13.8. The number of rotatable bonds is 7. The molecule has 0 aliphatic heterocycles.